The molecule has 0 aliphatic heterocycles. The standard InChI is InChI=1S/C14H18N2O5S/c1-2-12(14(18)19)15-13(17)9-4-3-5-11(8-9)22(20,21)16-10-6-7-10/h3-5,8,10,12,16H,2,6-7H2,1H3,(H,15,17)(H,18,19). The van der Waals surface area contributed by atoms with Crippen molar-refractivity contribution in [3.63, 3.8) is 0 Å². The molecule has 22 heavy (non-hydrogen) atoms. The van der Waals surface area contributed by atoms with Crippen LogP contribution in [0.2, 0.25) is 0 Å². The van der Waals surface area contributed by atoms with Gasteiger partial charge in [-0.2, -0.15) is 0 Å². The Morgan fingerprint density at radius 1 is 1.36 bits per heavy atom. The highest BCUT2D eigenvalue weighted by Gasteiger charge is 2.28. The van der Waals surface area contributed by atoms with Crippen molar-refractivity contribution >= 4 is 21.9 Å². The highest BCUT2D eigenvalue weighted by molar-refractivity contribution is 7.89. The number of hydrogen-bond donors (Lipinski definition) is 3. The first-order valence-electron chi connectivity index (χ1n) is 6.99. The second-order valence-corrected chi connectivity index (χ2v) is 6.91. The lowest BCUT2D eigenvalue weighted by Crippen LogP contribution is -2.40. The van der Waals surface area contributed by atoms with Crippen molar-refractivity contribution in [1.29, 1.82) is 0 Å². The molecule has 1 aromatic carbocycles. The van der Waals surface area contributed by atoms with E-state index in [0.717, 1.165) is 12.8 Å². The number of nitrogens with one attached hydrogen (secondary N) is 2. The molecule has 0 radical (unpaired) electrons. The number of carboxylic acid groups (broad SMARTS) is 1. The summed E-state index contributed by atoms with van der Waals surface area (Å²) in [5.74, 6) is -1.74. The minimum atomic E-state index is -3.65. The molecule has 1 aromatic rings. The van der Waals surface area contributed by atoms with Crippen LogP contribution in [0.3, 0.4) is 0 Å². The van der Waals surface area contributed by atoms with E-state index in [4.69, 9.17) is 5.11 Å². The summed E-state index contributed by atoms with van der Waals surface area (Å²) in [5, 5.41) is 11.3. The predicted molar refractivity (Wildman–Crippen MR) is 79.0 cm³/mol. The van der Waals surface area contributed by atoms with Gasteiger partial charge in [-0.25, -0.2) is 17.9 Å². The van der Waals surface area contributed by atoms with E-state index < -0.39 is 27.9 Å². The Hall–Kier alpha value is -1.93. The fourth-order valence-corrected chi connectivity index (χ4v) is 3.22. The van der Waals surface area contributed by atoms with Gasteiger partial charge < -0.3 is 10.4 Å². The van der Waals surface area contributed by atoms with Gasteiger partial charge in [-0.15, -0.1) is 0 Å². The van der Waals surface area contributed by atoms with Crippen LogP contribution in [0.4, 0.5) is 0 Å². The number of carbonyl (C=O) groups excluding carboxylic acids is 1. The number of benzene rings is 1. The summed E-state index contributed by atoms with van der Waals surface area (Å²) in [7, 11) is -3.65. The van der Waals surface area contributed by atoms with Crippen LogP contribution in [-0.2, 0) is 14.8 Å². The lowest BCUT2D eigenvalue weighted by atomic mass is 10.1. The number of rotatable bonds is 7. The molecule has 7 nitrogen and oxygen atoms in total. The topological polar surface area (TPSA) is 113 Å². The smallest absolute Gasteiger partial charge is 0.326 e. The van der Waals surface area contributed by atoms with Gasteiger partial charge in [-0.05, 0) is 37.5 Å². The quantitative estimate of drug-likeness (QED) is 0.683. The van der Waals surface area contributed by atoms with Gasteiger partial charge in [0.2, 0.25) is 10.0 Å². The van der Waals surface area contributed by atoms with Crippen LogP contribution in [0.25, 0.3) is 0 Å². The van der Waals surface area contributed by atoms with Crippen molar-refractivity contribution in [1.82, 2.24) is 10.0 Å². The van der Waals surface area contributed by atoms with Gasteiger partial charge in [0.15, 0.2) is 0 Å². The summed E-state index contributed by atoms with van der Waals surface area (Å²) in [6, 6.07) is 4.51. The third-order valence-electron chi connectivity index (χ3n) is 3.32. The first-order valence-corrected chi connectivity index (χ1v) is 8.48. The van der Waals surface area contributed by atoms with Crippen molar-refractivity contribution in [3.05, 3.63) is 29.8 Å². The van der Waals surface area contributed by atoms with Gasteiger partial charge in [0.25, 0.3) is 5.91 Å². The Labute approximate surface area is 128 Å². The number of amides is 1. The second kappa shape index (κ2) is 6.45. The van der Waals surface area contributed by atoms with Gasteiger partial charge in [-0.1, -0.05) is 13.0 Å². The maximum absolute atomic E-state index is 12.1. The van der Waals surface area contributed by atoms with Crippen LogP contribution in [0.1, 0.15) is 36.5 Å². The molecule has 0 bridgehead atoms. The molecule has 0 aromatic heterocycles. The summed E-state index contributed by atoms with van der Waals surface area (Å²) in [5.41, 5.74) is 0.110. The lowest BCUT2D eigenvalue weighted by Gasteiger charge is -2.13. The fraction of sp³-hybridized carbons (Fsp3) is 0.429. The fourth-order valence-electron chi connectivity index (χ4n) is 1.87. The maximum atomic E-state index is 12.1. The first-order chi connectivity index (χ1) is 10.3. The van der Waals surface area contributed by atoms with Crippen LogP contribution in [0.15, 0.2) is 29.2 Å². The molecular weight excluding hydrogens is 308 g/mol. The van der Waals surface area contributed by atoms with E-state index in [1.165, 1.54) is 24.3 Å². The molecular formula is C14H18N2O5S. The van der Waals surface area contributed by atoms with E-state index in [9.17, 15) is 18.0 Å². The van der Waals surface area contributed by atoms with Crippen molar-refractivity contribution in [2.75, 3.05) is 0 Å². The van der Waals surface area contributed by atoms with Crippen molar-refractivity contribution in [3.8, 4) is 0 Å². The van der Waals surface area contributed by atoms with E-state index >= 15 is 0 Å². The number of hydrogen-bond acceptors (Lipinski definition) is 4. The molecule has 1 saturated carbocycles. The number of carbonyl (C=O) groups is 2. The molecule has 1 fully saturated rings. The molecule has 2 rings (SSSR count). The summed E-state index contributed by atoms with van der Waals surface area (Å²) >= 11 is 0. The third-order valence-corrected chi connectivity index (χ3v) is 4.84. The number of aliphatic carboxylic acids is 1. The highest BCUT2D eigenvalue weighted by atomic mass is 32.2. The molecule has 0 saturated heterocycles. The Bertz CT molecular complexity index is 682. The molecule has 3 N–H and O–H groups in total. The van der Waals surface area contributed by atoms with E-state index in [0.29, 0.717) is 0 Å². The van der Waals surface area contributed by atoms with Gasteiger partial charge in [-0.3, -0.25) is 4.79 Å². The summed E-state index contributed by atoms with van der Waals surface area (Å²) < 4.78 is 26.7. The number of sulfonamides is 1. The average molecular weight is 326 g/mol. The van der Waals surface area contributed by atoms with Gasteiger partial charge in [0, 0.05) is 11.6 Å². The normalized spacial score (nSPS) is 16.0. The molecule has 0 heterocycles. The van der Waals surface area contributed by atoms with Crippen molar-refractivity contribution in [2.24, 2.45) is 0 Å². The molecule has 120 valence electrons. The minimum absolute atomic E-state index is 0.00424. The Morgan fingerprint density at radius 3 is 2.59 bits per heavy atom. The molecule has 1 aliphatic rings. The van der Waals surface area contributed by atoms with E-state index in [-0.39, 0.29) is 22.9 Å². The van der Waals surface area contributed by atoms with Gasteiger partial charge in [0.1, 0.15) is 6.04 Å². The summed E-state index contributed by atoms with van der Waals surface area (Å²) in [6.45, 7) is 1.64. The second-order valence-electron chi connectivity index (χ2n) is 5.20. The van der Waals surface area contributed by atoms with Crippen molar-refractivity contribution < 1.29 is 23.1 Å². The monoisotopic (exact) mass is 326 g/mol. The highest BCUT2D eigenvalue weighted by Crippen LogP contribution is 2.22. The van der Waals surface area contributed by atoms with Crippen LogP contribution < -0.4 is 10.0 Å². The molecule has 1 amide bonds. The lowest BCUT2D eigenvalue weighted by molar-refractivity contribution is -0.139. The minimum Gasteiger partial charge on any atom is -0.480 e. The average Bonchev–Trinajstić information content (AvgIpc) is 3.27. The largest absolute Gasteiger partial charge is 0.480 e. The Balaban J connectivity index is 2.17. The van der Waals surface area contributed by atoms with E-state index in [2.05, 4.69) is 10.0 Å². The van der Waals surface area contributed by atoms with E-state index in [1.54, 1.807) is 6.92 Å². The van der Waals surface area contributed by atoms with Crippen molar-refractivity contribution in [2.45, 2.75) is 43.2 Å². The molecule has 0 spiro atoms. The zero-order valence-corrected chi connectivity index (χ0v) is 12.9. The zero-order chi connectivity index (χ0) is 16.3. The van der Waals surface area contributed by atoms with Crippen LogP contribution >= 0.6 is 0 Å². The summed E-state index contributed by atoms with van der Waals surface area (Å²) in [4.78, 5) is 23.0. The number of carboxylic acids is 1. The predicted octanol–water partition coefficient (Wildman–Crippen LogP) is 0.720. The third kappa shape index (κ3) is 4.05. The van der Waals surface area contributed by atoms with Gasteiger partial charge >= 0.3 is 5.97 Å². The Morgan fingerprint density at radius 2 is 2.05 bits per heavy atom. The van der Waals surface area contributed by atoms with Crippen LogP contribution in [-0.4, -0.2) is 37.5 Å². The summed E-state index contributed by atoms with van der Waals surface area (Å²) in [6.07, 6.45) is 1.87. The molecule has 1 aliphatic carbocycles. The van der Waals surface area contributed by atoms with E-state index in [1.807, 2.05) is 0 Å². The molecule has 8 heteroatoms. The molecule has 1 atom stereocenters. The SMILES string of the molecule is CCC(NC(=O)c1cccc(S(=O)(=O)NC2CC2)c1)C(=O)O. The Kier molecular flexibility index (Phi) is 4.82. The van der Waals surface area contributed by atoms with Crippen LogP contribution in [0, 0.1) is 0 Å². The zero-order valence-electron chi connectivity index (χ0n) is 12.1. The van der Waals surface area contributed by atoms with Crippen LogP contribution in [0.5, 0.6) is 0 Å². The maximum Gasteiger partial charge on any atom is 0.326 e. The first kappa shape index (κ1) is 16.4. The van der Waals surface area contributed by atoms with Gasteiger partial charge in [0.05, 0.1) is 4.90 Å². The molecule has 1 unspecified atom stereocenters.